The Morgan fingerprint density at radius 1 is 1.29 bits per heavy atom. The van der Waals surface area contributed by atoms with Crippen LogP contribution in [0.15, 0.2) is 36.7 Å². The fourth-order valence-electron chi connectivity index (χ4n) is 3.52. The third-order valence-electron chi connectivity index (χ3n) is 5.08. The molecule has 0 saturated carbocycles. The van der Waals surface area contributed by atoms with Gasteiger partial charge in [0.1, 0.15) is 12.4 Å². The fraction of sp³-hybridized carbons (Fsp3) is 0.474. The van der Waals surface area contributed by atoms with Crippen LogP contribution >= 0.6 is 0 Å². The molecule has 1 saturated heterocycles. The predicted octanol–water partition coefficient (Wildman–Crippen LogP) is 1.95. The van der Waals surface area contributed by atoms with Crippen LogP contribution in [-0.4, -0.2) is 57.0 Å². The molecule has 1 aromatic carbocycles. The quantitative estimate of drug-likeness (QED) is 0.845. The number of likely N-dealkylation sites (N-methyl/N-ethyl adjacent to an activating group) is 1. The van der Waals surface area contributed by atoms with Crippen LogP contribution in [0.2, 0.25) is 0 Å². The van der Waals surface area contributed by atoms with Crippen molar-refractivity contribution in [1.29, 1.82) is 0 Å². The molecule has 7 nitrogen and oxygen atoms in total. The molecule has 28 heavy (non-hydrogen) atoms. The van der Waals surface area contributed by atoms with E-state index in [1.54, 1.807) is 6.92 Å². The third kappa shape index (κ3) is 4.35. The van der Waals surface area contributed by atoms with Crippen LogP contribution in [0.3, 0.4) is 0 Å². The van der Waals surface area contributed by atoms with Crippen molar-refractivity contribution in [2.24, 2.45) is 5.92 Å². The normalized spacial score (nSPS) is 23.0. The monoisotopic (exact) mass is 391 g/mol. The highest BCUT2D eigenvalue weighted by Gasteiger charge is 2.39. The van der Waals surface area contributed by atoms with E-state index in [-0.39, 0.29) is 11.7 Å². The third-order valence-corrected chi connectivity index (χ3v) is 5.08. The molecule has 1 N–H and O–H groups in total. The Balaban J connectivity index is 1.66. The number of likely N-dealkylation sites (tertiary alicyclic amines) is 1. The Kier molecular flexibility index (Phi) is 6.01. The van der Waals surface area contributed by atoms with E-state index in [1.807, 2.05) is 30.3 Å². The lowest BCUT2D eigenvalue weighted by atomic mass is 9.97. The molecule has 0 unspecified atom stereocenters. The minimum absolute atomic E-state index is 0.0610. The molecule has 150 valence electrons. The summed E-state index contributed by atoms with van der Waals surface area (Å²) in [6, 6.07) is 7.56. The van der Waals surface area contributed by atoms with Gasteiger partial charge in [-0.25, -0.2) is 18.4 Å². The highest BCUT2D eigenvalue weighted by Crippen LogP contribution is 2.27. The summed E-state index contributed by atoms with van der Waals surface area (Å²) in [5, 5.41) is 6.74. The molecule has 0 spiro atoms. The van der Waals surface area contributed by atoms with Gasteiger partial charge in [0.2, 0.25) is 11.7 Å². The van der Waals surface area contributed by atoms with Gasteiger partial charge in [-0.15, -0.1) is 5.10 Å². The van der Waals surface area contributed by atoms with E-state index in [4.69, 9.17) is 0 Å². The summed E-state index contributed by atoms with van der Waals surface area (Å²) >= 11 is 0. The lowest BCUT2D eigenvalue weighted by molar-refractivity contribution is -0.137. The summed E-state index contributed by atoms with van der Waals surface area (Å²) in [7, 11) is 1.35. The van der Waals surface area contributed by atoms with Crippen molar-refractivity contribution >= 4 is 11.8 Å². The Labute approximate surface area is 161 Å². The van der Waals surface area contributed by atoms with Gasteiger partial charge in [0.05, 0.1) is 12.6 Å². The lowest BCUT2D eigenvalue weighted by Gasteiger charge is -2.30. The number of hydrogen-bond donors (Lipinski definition) is 1. The van der Waals surface area contributed by atoms with Gasteiger partial charge in [0, 0.05) is 7.05 Å². The molecule has 9 heteroatoms. The molecule has 1 aromatic heterocycles. The first-order valence-corrected chi connectivity index (χ1v) is 9.16. The van der Waals surface area contributed by atoms with Crippen molar-refractivity contribution in [2.75, 3.05) is 7.05 Å². The van der Waals surface area contributed by atoms with E-state index in [9.17, 15) is 18.4 Å². The zero-order valence-corrected chi connectivity index (χ0v) is 15.8. The van der Waals surface area contributed by atoms with Crippen LogP contribution in [0.5, 0.6) is 0 Å². The van der Waals surface area contributed by atoms with E-state index in [0.717, 1.165) is 10.5 Å². The first kappa shape index (κ1) is 19.9. The maximum atomic E-state index is 13.3. The first-order chi connectivity index (χ1) is 13.4. The SMILES string of the molecule is C[C@@H]1CC[C@H](NC(=O)c2ncn(Cc3ccccc3)n2)C(=O)N(C)[C@@H]1C(F)F. The van der Waals surface area contributed by atoms with Gasteiger partial charge in [0.25, 0.3) is 12.3 Å². The summed E-state index contributed by atoms with van der Waals surface area (Å²) in [5.41, 5.74) is 1.01. The van der Waals surface area contributed by atoms with E-state index in [1.165, 1.54) is 18.1 Å². The number of carbonyl (C=O) groups is 2. The Morgan fingerprint density at radius 2 is 2.00 bits per heavy atom. The van der Waals surface area contributed by atoms with Gasteiger partial charge >= 0.3 is 0 Å². The average Bonchev–Trinajstić information content (AvgIpc) is 3.09. The summed E-state index contributed by atoms with van der Waals surface area (Å²) in [5.74, 6) is -1.54. The van der Waals surface area contributed by atoms with Gasteiger partial charge in [-0.2, -0.15) is 0 Å². The number of rotatable bonds is 5. The second-order valence-corrected chi connectivity index (χ2v) is 7.11. The molecular weight excluding hydrogens is 368 g/mol. The van der Waals surface area contributed by atoms with Crippen molar-refractivity contribution in [3.8, 4) is 0 Å². The topological polar surface area (TPSA) is 80.1 Å². The van der Waals surface area contributed by atoms with Crippen LogP contribution < -0.4 is 5.32 Å². The second kappa shape index (κ2) is 8.45. The highest BCUT2D eigenvalue weighted by atomic mass is 19.3. The van der Waals surface area contributed by atoms with E-state index >= 15 is 0 Å². The van der Waals surface area contributed by atoms with Crippen LogP contribution in [0, 0.1) is 5.92 Å². The van der Waals surface area contributed by atoms with E-state index in [0.29, 0.717) is 19.4 Å². The van der Waals surface area contributed by atoms with Gasteiger partial charge in [-0.1, -0.05) is 37.3 Å². The van der Waals surface area contributed by atoms with Crippen LogP contribution in [0.1, 0.15) is 35.9 Å². The number of hydrogen-bond acceptors (Lipinski definition) is 4. The van der Waals surface area contributed by atoms with Gasteiger partial charge in [0.15, 0.2) is 0 Å². The molecular formula is C19H23F2N5O2. The number of carbonyl (C=O) groups excluding carboxylic acids is 2. The zero-order valence-electron chi connectivity index (χ0n) is 15.8. The maximum Gasteiger partial charge on any atom is 0.291 e. The summed E-state index contributed by atoms with van der Waals surface area (Å²) in [6.45, 7) is 2.15. The molecule has 3 rings (SSSR count). The van der Waals surface area contributed by atoms with Crippen molar-refractivity contribution in [2.45, 2.75) is 44.8 Å². The molecule has 0 aliphatic carbocycles. The Hall–Kier alpha value is -2.84. The number of aromatic nitrogens is 3. The molecule has 2 heterocycles. The molecule has 1 aliphatic heterocycles. The van der Waals surface area contributed by atoms with E-state index < -0.39 is 30.3 Å². The maximum absolute atomic E-state index is 13.3. The first-order valence-electron chi connectivity index (χ1n) is 9.16. The average molecular weight is 391 g/mol. The second-order valence-electron chi connectivity index (χ2n) is 7.11. The minimum Gasteiger partial charge on any atom is -0.337 e. The van der Waals surface area contributed by atoms with Gasteiger partial charge < -0.3 is 10.2 Å². The molecule has 0 radical (unpaired) electrons. The Morgan fingerprint density at radius 3 is 2.68 bits per heavy atom. The number of halogens is 2. The summed E-state index contributed by atoms with van der Waals surface area (Å²) < 4.78 is 28.1. The lowest BCUT2D eigenvalue weighted by Crippen LogP contribution is -2.51. The van der Waals surface area contributed by atoms with Gasteiger partial charge in [-0.3, -0.25) is 9.59 Å². The van der Waals surface area contributed by atoms with Crippen molar-refractivity contribution in [3.05, 3.63) is 48.0 Å². The molecule has 2 amide bonds. The number of alkyl halides is 2. The standard InChI is InChI=1S/C19H23F2N5O2/c1-12-8-9-14(19(28)25(2)15(12)16(20)21)23-18(27)17-22-11-26(24-17)10-13-6-4-3-5-7-13/h3-7,11-12,14-16H,8-10H2,1-2H3,(H,23,27)/t12-,14+,15+/m1/s1. The number of benzene rings is 1. The highest BCUT2D eigenvalue weighted by molar-refractivity contribution is 5.94. The molecule has 2 aromatic rings. The van der Waals surface area contributed by atoms with Crippen molar-refractivity contribution < 1.29 is 18.4 Å². The summed E-state index contributed by atoms with van der Waals surface area (Å²) in [4.78, 5) is 30.1. The Bertz CT molecular complexity index is 827. The zero-order chi connectivity index (χ0) is 20.3. The molecule has 0 bridgehead atoms. The largest absolute Gasteiger partial charge is 0.337 e. The molecule has 1 aliphatic rings. The number of nitrogens with zero attached hydrogens (tertiary/aromatic N) is 4. The fourth-order valence-corrected chi connectivity index (χ4v) is 3.52. The number of amides is 2. The van der Waals surface area contributed by atoms with Crippen molar-refractivity contribution in [3.63, 3.8) is 0 Å². The van der Waals surface area contributed by atoms with Crippen LogP contribution in [0.25, 0.3) is 0 Å². The predicted molar refractivity (Wildman–Crippen MR) is 97.8 cm³/mol. The minimum atomic E-state index is -2.63. The van der Waals surface area contributed by atoms with Gasteiger partial charge in [-0.05, 0) is 24.3 Å². The van der Waals surface area contributed by atoms with E-state index in [2.05, 4.69) is 15.4 Å². The summed E-state index contributed by atoms with van der Waals surface area (Å²) in [6.07, 6.45) is -0.484. The smallest absolute Gasteiger partial charge is 0.291 e. The van der Waals surface area contributed by atoms with Crippen LogP contribution in [0.4, 0.5) is 8.78 Å². The van der Waals surface area contributed by atoms with Crippen molar-refractivity contribution in [1.82, 2.24) is 25.0 Å². The molecule has 3 atom stereocenters. The molecule has 1 fully saturated rings. The van der Waals surface area contributed by atoms with Crippen LogP contribution in [-0.2, 0) is 11.3 Å². The number of nitrogens with one attached hydrogen (secondary N) is 1.